The molecule has 0 N–H and O–H groups in total. The van der Waals surface area contributed by atoms with Gasteiger partial charge in [-0.25, -0.2) is 0 Å². The molecule has 1 aliphatic heterocycles. The Morgan fingerprint density at radius 2 is 2.12 bits per heavy atom. The summed E-state index contributed by atoms with van der Waals surface area (Å²) in [5.41, 5.74) is 0.444. The lowest BCUT2D eigenvalue weighted by atomic mass is 9.87. The van der Waals surface area contributed by atoms with Crippen LogP contribution in [0.1, 0.15) is 18.4 Å². The van der Waals surface area contributed by atoms with E-state index in [2.05, 4.69) is 10.00 Å². The minimum absolute atomic E-state index is 0.0926. The molecule has 1 atom stereocenters. The van der Waals surface area contributed by atoms with E-state index in [1.54, 1.807) is 25.2 Å². The van der Waals surface area contributed by atoms with Gasteiger partial charge in [0.15, 0.2) is 5.54 Å². The number of carbonyl (C=O) groups excluding carboxylic acids is 1. The maximum atomic E-state index is 13.0. The number of aromatic nitrogens is 2. The summed E-state index contributed by atoms with van der Waals surface area (Å²) in [6, 6.07) is 9.76. The SMILES string of the molecule is CN(C)C(=O)C1(n2cccn2)CCCN(Cc2ccccc2Cl)C1. The van der Waals surface area contributed by atoms with Gasteiger partial charge in [-0.15, -0.1) is 0 Å². The number of benzene rings is 1. The highest BCUT2D eigenvalue weighted by molar-refractivity contribution is 6.31. The molecule has 0 radical (unpaired) electrons. The van der Waals surface area contributed by atoms with Crippen LogP contribution >= 0.6 is 11.6 Å². The summed E-state index contributed by atoms with van der Waals surface area (Å²) in [5, 5.41) is 5.16. The average Bonchev–Trinajstić information content (AvgIpc) is 3.11. The number of likely N-dealkylation sites (N-methyl/N-ethyl adjacent to an activating group) is 1. The first-order valence-corrected chi connectivity index (χ1v) is 8.58. The number of hydrogen-bond donors (Lipinski definition) is 0. The number of likely N-dealkylation sites (tertiary alicyclic amines) is 1. The first-order chi connectivity index (χ1) is 11.5. The zero-order valence-corrected chi connectivity index (χ0v) is 14.9. The number of nitrogens with zero attached hydrogens (tertiary/aromatic N) is 4. The molecule has 1 saturated heterocycles. The van der Waals surface area contributed by atoms with Crippen molar-refractivity contribution in [2.75, 3.05) is 27.2 Å². The Labute approximate surface area is 147 Å². The topological polar surface area (TPSA) is 41.4 Å². The minimum Gasteiger partial charge on any atom is -0.347 e. The number of rotatable bonds is 4. The van der Waals surface area contributed by atoms with Crippen LogP contribution in [-0.2, 0) is 16.9 Å². The van der Waals surface area contributed by atoms with Crippen LogP contribution in [0.2, 0.25) is 5.02 Å². The Bertz CT molecular complexity index is 701. The molecular formula is C18H23ClN4O. The minimum atomic E-state index is -0.646. The molecule has 1 aromatic heterocycles. The Kier molecular flexibility index (Phi) is 4.92. The summed E-state index contributed by atoms with van der Waals surface area (Å²) in [4.78, 5) is 17.0. The fourth-order valence-electron chi connectivity index (χ4n) is 3.52. The number of piperidine rings is 1. The maximum absolute atomic E-state index is 13.0. The number of amides is 1. The van der Waals surface area contributed by atoms with Crippen molar-refractivity contribution in [1.29, 1.82) is 0 Å². The highest BCUT2D eigenvalue weighted by Crippen LogP contribution is 2.31. The van der Waals surface area contributed by atoms with Crippen molar-refractivity contribution in [3.05, 3.63) is 53.3 Å². The third kappa shape index (κ3) is 3.19. The molecule has 1 amide bonds. The quantitative estimate of drug-likeness (QED) is 0.854. The van der Waals surface area contributed by atoms with Gasteiger partial charge in [-0.3, -0.25) is 14.4 Å². The van der Waals surface area contributed by atoms with Crippen LogP contribution in [0.25, 0.3) is 0 Å². The van der Waals surface area contributed by atoms with Crippen molar-refractivity contribution in [2.24, 2.45) is 0 Å². The van der Waals surface area contributed by atoms with Crippen LogP contribution in [0.3, 0.4) is 0 Å². The molecule has 3 rings (SSSR count). The monoisotopic (exact) mass is 346 g/mol. The molecule has 0 aliphatic carbocycles. The van der Waals surface area contributed by atoms with Crippen LogP contribution in [-0.4, -0.2) is 52.7 Å². The van der Waals surface area contributed by atoms with Crippen LogP contribution in [0.15, 0.2) is 42.7 Å². The summed E-state index contributed by atoms with van der Waals surface area (Å²) in [6.45, 7) is 2.33. The van der Waals surface area contributed by atoms with Crippen molar-refractivity contribution < 1.29 is 4.79 Å². The number of halogens is 1. The van der Waals surface area contributed by atoms with Gasteiger partial charge in [-0.1, -0.05) is 29.8 Å². The van der Waals surface area contributed by atoms with Crippen molar-refractivity contribution in [3.8, 4) is 0 Å². The second-order valence-electron chi connectivity index (χ2n) is 6.59. The maximum Gasteiger partial charge on any atom is 0.251 e. The molecule has 6 heteroatoms. The van der Waals surface area contributed by atoms with Gasteiger partial charge < -0.3 is 4.90 Å². The Morgan fingerprint density at radius 3 is 2.79 bits per heavy atom. The van der Waals surface area contributed by atoms with Crippen LogP contribution in [0.4, 0.5) is 0 Å². The summed E-state index contributed by atoms with van der Waals surface area (Å²) in [5.74, 6) is 0.0926. The molecule has 1 aromatic carbocycles. The van der Waals surface area contributed by atoms with Gasteiger partial charge in [0.05, 0.1) is 0 Å². The summed E-state index contributed by atoms with van der Waals surface area (Å²) in [6.07, 6.45) is 5.37. The van der Waals surface area contributed by atoms with Gasteiger partial charge in [-0.05, 0) is 37.1 Å². The van der Waals surface area contributed by atoms with Gasteiger partial charge in [0.1, 0.15) is 0 Å². The van der Waals surface area contributed by atoms with E-state index < -0.39 is 5.54 Å². The molecule has 5 nitrogen and oxygen atoms in total. The third-order valence-electron chi connectivity index (χ3n) is 4.65. The Balaban J connectivity index is 1.88. The van der Waals surface area contributed by atoms with E-state index in [1.807, 2.05) is 41.2 Å². The standard InChI is InChI=1S/C18H23ClN4O/c1-21(2)17(24)18(23-12-6-10-20-23)9-5-11-22(14-18)13-15-7-3-4-8-16(15)19/h3-4,6-8,10,12H,5,9,11,13-14H2,1-2H3. The smallest absolute Gasteiger partial charge is 0.251 e. The lowest BCUT2D eigenvalue weighted by molar-refractivity contribution is -0.142. The van der Waals surface area contributed by atoms with Crippen molar-refractivity contribution in [1.82, 2.24) is 19.6 Å². The van der Waals surface area contributed by atoms with Gasteiger partial charge >= 0.3 is 0 Å². The van der Waals surface area contributed by atoms with E-state index in [0.29, 0.717) is 6.54 Å². The molecule has 0 spiro atoms. The van der Waals surface area contributed by atoms with Crippen molar-refractivity contribution in [3.63, 3.8) is 0 Å². The first-order valence-electron chi connectivity index (χ1n) is 8.20. The molecular weight excluding hydrogens is 324 g/mol. The zero-order valence-electron chi connectivity index (χ0n) is 14.2. The summed E-state index contributed by atoms with van der Waals surface area (Å²) < 4.78 is 1.83. The van der Waals surface area contributed by atoms with E-state index in [-0.39, 0.29) is 5.91 Å². The Hall–Kier alpha value is -1.85. The van der Waals surface area contributed by atoms with Gasteiger partial charge in [-0.2, -0.15) is 5.10 Å². The molecule has 0 bridgehead atoms. The Morgan fingerprint density at radius 1 is 1.33 bits per heavy atom. The van der Waals surface area contributed by atoms with Crippen LogP contribution in [0.5, 0.6) is 0 Å². The molecule has 2 heterocycles. The van der Waals surface area contributed by atoms with Crippen molar-refractivity contribution in [2.45, 2.75) is 24.9 Å². The third-order valence-corrected chi connectivity index (χ3v) is 5.02. The molecule has 1 fully saturated rings. The van der Waals surface area contributed by atoms with E-state index in [1.165, 1.54) is 0 Å². The predicted molar refractivity (Wildman–Crippen MR) is 94.9 cm³/mol. The van der Waals surface area contributed by atoms with Gasteiger partial charge in [0, 0.05) is 44.6 Å². The number of carbonyl (C=O) groups is 1. The van der Waals surface area contributed by atoms with E-state index in [4.69, 9.17) is 11.6 Å². The van der Waals surface area contributed by atoms with Crippen LogP contribution < -0.4 is 0 Å². The van der Waals surface area contributed by atoms with E-state index in [0.717, 1.165) is 36.5 Å². The normalized spacial score (nSPS) is 21.6. The zero-order chi connectivity index (χ0) is 17.2. The molecule has 1 unspecified atom stereocenters. The predicted octanol–water partition coefficient (Wildman–Crippen LogP) is 2.62. The summed E-state index contributed by atoms with van der Waals surface area (Å²) >= 11 is 6.31. The second-order valence-corrected chi connectivity index (χ2v) is 6.99. The highest BCUT2D eigenvalue weighted by atomic mass is 35.5. The average molecular weight is 347 g/mol. The lowest BCUT2D eigenvalue weighted by Crippen LogP contribution is -2.58. The molecule has 1 aliphatic rings. The van der Waals surface area contributed by atoms with Gasteiger partial charge in [0.2, 0.25) is 0 Å². The molecule has 128 valence electrons. The largest absolute Gasteiger partial charge is 0.347 e. The van der Waals surface area contributed by atoms with E-state index in [9.17, 15) is 4.79 Å². The fourth-order valence-corrected chi connectivity index (χ4v) is 3.72. The molecule has 0 saturated carbocycles. The highest BCUT2D eigenvalue weighted by Gasteiger charge is 2.45. The number of hydrogen-bond acceptors (Lipinski definition) is 3. The van der Waals surface area contributed by atoms with Crippen LogP contribution in [0, 0.1) is 0 Å². The van der Waals surface area contributed by atoms with E-state index >= 15 is 0 Å². The second kappa shape index (κ2) is 6.95. The molecule has 24 heavy (non-hydrogen) atoms. The first kappa shape index (κ1) is 17.0. The summed E-state index contributed by atoms with van der Waals surface area (Å²) in [7, 11) is 3.61. The van der Waals surface area contributed by atoms with Crippen molar-refractivity contribution >= 4 is 17.5 Å². The lowest BCUT2D eigenvalue weighted by Gasteiger charge is -2.43. The van der Waals surface area contributed by atoms with Gasteiger partial charge in [0.25, 0.3) is 5.91 Å². The molecule has 2 aromatic rings. The fraction of sp³-hybridized carbons (Fsp3) is 0.444.